The molecule has 0 unspecified atom stereocenters. The zero-order valence-electron chi connectivity index (χ0n) is 14.3. The van der Waals surface area contributed by atoms with Crippen LogP contribution in [-0.4, -0.2) is 16.4 Å². The van der Waals surface area contributed by atoms with E-state index in [0.717, 1.165) is 21.3 Å². The van der Waals surface area contributed by atoms with Gasteiger partial charge in [0.2, 0.25) is 11.8 Å². The van der Waals surface area contributed by atoms with Crippen LogP contribution in [0.4, 0.5) is 5.69 Å². The highest BCUT2D eigenvalue weighted by Crippen LogP contribution is 2.27. The number of carbonyl (C=O) groups excluding carboxylic acids is 2. The predicted octanol–water partition coefficient (Wildman–Crippen LogP) is 4.08. The van der Waals surface area contributed by atoms with E-state index in [-0.39, 0.29) is 11.8 Å². The van der Waals surface area contributed by atoms with Crippen molar-refractivity contribution in [1.82, 2.24) is 4.57 Å². The molecule has 0 saturated heterocycles. The van der Waals surface area contributed by atoms with E-state index in [2.05, 4.69) is 0 Å². The SMILES string of the molecule is CCc1sc(=Nc2cccc3ccccc23)n(C(C)=O)c1OC(C)=O. The number of aryl methyl sites for hydroxylation is 1. The van der Waals surface area contributed by atoms with E-state index in [1.54, 1.807) is 0 Å². The second-order valence-electron chi connectivity index (χ2n) is 5.52. The fourth-order valence-electron chi connectivity index (χ4n) is 2.63. The standard InChI is InChI=1S/C19H18N2O3S/c1-4-17-18(24-13(3)23)21(12(2)22)19(25-17)20-16-11-7-9-14-8-5-6-10-15(14)16/h5-11H,4H2,1-3H3. The minimum Gasteiger partial charge on any atom is -0.408 e. The smallest absolute Gasteiger partial charge is 0.309 e. The Kier molecular flexibility index (Phi) is 4.81. The van der Waals surface area contributed by atoms with Crippen molar-refractivity contribution in [2.45, 2.75) is 27.2 Å². The van der Waals surface area contributed by atoms with E-state index >= 15 is 0 Å². The lowest BCUT2D eigenvalue weighted by molar-refractivity contribution is -0.132. The second kappa shape index (κ2) is 7.03. The monoisotopic (exact) mass is 354 g/mol. The van der Waals surface area contributed by atoms with Crippen molar-refractivity contribution in [3.8, 4) is 5.88 Å². The molecule has 0 aliphatic heterocycles. The third kappa shape index (κ3) is 3.39. The Hall–Kier alpha value is -2.73. The van der Waals surface area contributed by atoms with Crippen molar-refractivity contribution in [3.63, 3.8) is 0 Å². The van der Waals surface area contributed by atoms with Gasteiger partial charge in [0.15, 0.2) is 4.80 Å². The van der Waals surface area contributed by atoms with Crippen LogP contribution in [0.5, 0.6) is 5.88 Å². The lowest BCUT2D eigenvalue weighted by Crippen LogP contribution is -2.22. The molecule has 3 aromatic rings. The predicted molar refractivity (Wildman–Crippen MR) is 98.5 cm³/mol. The number of benzene rings is 2. The highest BCUT2D eigenvalue weighted by Gasteiger charge is 2.19. The first kappa shape index (κ1) is 17.1. The van der Waals surface area contributed by atoms with Gasteiger partial charge in [0, 0.05) is 19.2 Å². The number of carbonyl (C=O) groups is 2. The number of rotatable bonds is 3. The third-order valence-corrected chi connectivity index (χ3v) is 4.87. The Bertz CT molecular complexity index is 1030. The van der Waals surface area contributed by atoms with Crippen LogP contribution in [0.25, 0.3) is 10.8 Å². The quantitative estimate of drug-likeness (QED) is 0.666. The first-order chi connectivity index (χ1) is 12.0. The molecule has 2 aromatic carbocycles. The number of nitrogens with zero attached hydrogens (tertiary/aromatic N) is 2. The summed E-state index contributed by atoms with van der Waals surface area (Å²) in [6.45, 7) is 4.70. The summed E-state index contributed by atoms with van der Waals surface area (Å²) < 4.78 is 6.66. The fourth-order valence-corrected chi connectivity index (χ4v) is 3.66. The van der Waals surface area contributed by atoms with Gasteiger partial charge in [-0.05, 0) is 17.9 Å². The zero-order valence-corrected chi connectivity index (χ0v) is 15.1. The summed E-state index contributed by atoms with van der Waals surface area (Å²) in [5.41, 5.74) is 0.770. The molecule has 3 rings (SSSR count). The van der Waals surface area contributed by atoms with Gasteiger partial charge in [-0.2, -0.15) is 0 Å². The molecule has 0 radical (unpaired) electrons. The minimum atomic E-state index is -0.459. The highest BCUT2D eigenvalue weighted by atomic mass is 32.1. The van der Waals surface area contributed by atoms with Gasteiger partial charge in [-0.25, -0.2) is 9.56 Å². The molecule has 0 spiro atoms. The van der Waals surface area contributed by atoms with Crippen LogP contribution >= 0.6 is 11.3 Å². The van der Waals surface area contributed by atoms with Crippen molar-refractivity contribution in [3.05, 3.63) is 52.1 Å². The average Bonchev–Trinajstić information content (AvgIpc) is 2.92. The Balaban J connectivity index is 2.28. The van der Waals surface area contributed by atoms with Gasteiger partial charge >= 0.3 is 5.97 Å². The van der Waals surface area contributed by atoms with Crippen LogP contribution in [0.1, 0.15) is 30.4 Å². The molecule has 0 N–H and O–H groups in total. The Morgan fingerprint density at radius 2 is 1.84 bits per heavy atom. The number of hydrogen-bond donors (Lipinski definition) is 0. The van der Waals surface area contributed by atoms with Crippen LogP contribution in [0.2, 0.25) is 0 Å². The summed E-state index contributed by atoms with van der Waals surface area (Å²) in [5.74, 6) is -0.433. The number of aromatic nitrogens is 1. The summed E-state index contributed by atoms with van der Waals surface area (Å²) in [6.07, 6.45) is 0.644. The van der Waals surface area contributed by atoms with Crippen molar-refractivity contribution < 1.29 is 14.3 Å². The molecule has 0 atom stereocenters. The van der Waals surface area contributed by atoms with E-state index in [1.165, 1.54) is 29.8 Å². The van der Waals surface area contributed by atoms with E-state index in [9.17, 15) is 9.59 Å². The molecule has 0 aliphatic rings. The van der Waals surface area contributed by atoms with Gasteiger partial charge in [0.05, 0.1) is 10.6 Å². The summed E-state index contributed by atoms with van der Waals surface area (Å²) in [5, 5.41) is 2.08. The molecule has 5 nitrogen and oxygen atoms in total. The Labute approximate surface area is 149 Å². The van der Waals surface area contributed by atoms with Crippen LogP contribution < -0.4 is 9.54 Å². The molecule has 0 bridgehead atoms. The molecule has 0 saturated carbocycles. The molecule has 1 aromatic heterocycles. The number of thiazole rings is 1. The summed E-state index contributed by atoms with van der Waals surface area (Å²) in [6, 6.07) is 13.8. The number of ether oxygens (including phenoxy) is 1. The zero-order chi connectivity index (χ0) is 18.0. The lowest BCUT2D eigenvalue weighted by Gasteiger charge is -2.06. The van der Waals surface area contributed by atoms with Gasteiger partial charge in [0.25, 0.3) is 0 Å². The van der Waals surface area contributed by atoms with Gasteiger partial charge in [-0.1, -0.05) is 54.7 Å². The summed E-state index contributed by atoms with van der Waals surface area (Å²) in [7, 11) is 0. The van der Waals surface area contributed by atoms with Crippen molar-refractivity contribution in [1.29, 1.82) is 0 Å². The minimum absolute atomic E-state index is 0.244. The third-order valence-electron chi connectivity index (χ3n) is 3.71. The number of fused-ring (bicyclic) bond motifs is 1. The fraction of sp³-hybridized carbons (Fsp3) is 0.211. The van der Waals surface area contributed by atoms with Gasteiger partial charge < -0.3 is 4.74 Å². The van der Waals surface area contributed by atoms with Crippen molar-refractivity contribution in [2.75, 3.05) is 0 Å². The largest absolute Gasteiger partial charge is 0.408 e. The molecule has 0 amide bonds. The number of esters is 1. The van der Waals surface area contributed by atoms with Gasteiger partial charge in [-0.3, -0.25) is 9.59 Å². The summed E-state index contributed by atoms with van der Waals surface area (Å²) >= 11 is 1.36. The Morgan fingerprint density at radius 1 is 1.12 bits per heavy atom. The summed E-state index contributed by atoms with van der Waals surface area (Å²) in [4.78, 5) is 29.6. The van der Waals surface area contributed by atoms with Gasteiger partial charge in [0.1, 0.15) is 0 Å². The van der Waals surface area contributed by atoms with Crippen LogP contribution in [-0.2, 0) is 11.2 Å². The molecule has 6 heteroatoms. The highest BCUT2D eigenvalue weighted by molar-refractivity contribution is 7.09. The topological polar surface area (TPSA) is 60.7 Å². The van der Waals surface area contributed by atoms with Crippen molar-refractivity contribution in [2.24, 2.45) is 4.99 Å². The molecular weight excluding hydrogens is 336 g/mol. The first-order valence-corrected chi connectivity index (χ1v) is 8.79. The molecule has 1 heterocycles. The maximum absolute atomic E-state index is 12.2. The van der Waals surface area contributed by atoms with E-state index in [1.807, 2.05) is 49.4 Å². The molecular formula is C19H18N2O3S. The van der Waals surface area contributed by atoms with E-state index in [0.29, 0.717) is 11.2 Å². The normalized spacial score (nSPS) is 11.7. The van der Waals surface area contributed by atoms with Crippen LogP contribution in [0, 0.1) is 0 Å². The van der Waals surface area contributed by atoms with E-state index < -0.39 is 5.97 Å². The molecule has 128 valence electrons. The second-order valence-corrected chi connectivity index (χ2v) is 6.59. The first-order valence-electron chi connectivity index (χ1n) is 7.97. The van der Waals surface area contributed by atoms with Gasteiger partial charge in [-0.15, -0.1) is 0 Å². The number of hydrogen-bond acceptors (Lipinski definition) is 5. The van der Waals surface area contributed by atoms with Crippen LogP contribution in [0.15, 0.2) is 47.5 Å². The Morgan fingerprint density at radius 3 is 2.52 bits per heavy atom. The lowest BCUT2D eigenvalue weighted by atomic mass is 10.1. The van der Waals surface area contributed by atoms with Crippen LogP contribution in [0.3, 0.4) is 0 Å². The van der Waals surface area contributed by atoms with Crippen molar-refractivity contribution >= 4 is 39.7 Å². The maximum Gasteiger partial charge on any atom is 0.309 e. The molecule has 0 aliphatic carbocycles. The molecule has 25 heavy (non-hydrogen) atoms. The van der Waals surface area contributed by atoms with E-state index in [4.69, 9.17) is 9.73 Å². The average molecular weight is 354 g/mol. The maximum atomic E-state index is 12.2. The molecule has 0 fully saturated rings.